The zero-order valence-electron chi connectivity index (χ0n) is 14.1. The Morgan fingerprint density at radius 1 is 1.00 bits per heavy atom. The number of rotatable bonds is 9. The molecule has 0 unspecified atom stereocenters. The van der Waals surface area contributed by atoms with E-state index in [4.69, 9.17) is 32.5 Å². The van der Waals surface area contributed by atoms with Crippen molar-refractivity contribution in [1.29, 1.82) is 0 Å². The van der Waals surface area contributed by atoms with Crippen molar-refractivity contribution in [2.75, 3.05) is 32.9 Å². The lowest BCUT2D eigenvalue weighted by molar-refractivity contribution is -0.139. The number of nitrogens with two attached hydrogens (primary N) is 3. The summed E-state index contributed by atoms with van der Waals surface area (Å²) >= 11 is 3.65. The molecule has 144 valence electrons. The third-order valence-corrected chi connectivity index (χ3v) is 2.65. The van der Waals surface area contributed by atoms with Crippen LogP contribution in [-0.4, -0.2) is 83.1 Å². The summed E-state index contributed by atoms with van der Waals surface area (Å²) < 4.78 is 0. The molecule has 0 saturated carbocycles. The van der Waals surface area contributed by atoms with Gasteiger partial charge in [0, 0.05) is 5.75 Å². The standard InChI is InChI=1S/C6H14N2O2.C4H9NO2.C3H7NO2S/c7-4-2-1-3-5(8)6(9)10;1-5(2)3-4(6)7;4-2(1-7)3(5)6/h5H,1-4,7-8H2,(H,9,10);3H2,1-2H3,(H,6,7);2,7H,1,4H2,(H,5,6)/t5-;;2-/m0.0/s1. The van der Waals surface area contributed by atoms with Gasteiger partial charge in [-0.1, -0.05) is 6.42 Å². The molecule has 0 saturated heterocycles. The number of hydrogen-bond donors (Lipinski definition) is 7. The van der Waals surface area contributed by atoms with E-state index in [1.54, 1.807) is 19.0 Å². The minimum Gasteiger partial charge on any atom is -0.480 e. The van der Waals surface area contributed by atoms with Gasteiger partial charge in [-0.15, -0.1) is 0 Å². The van der Waals surface area contributed by atoms with E-state index in [0.29, 0.717) is 13.0 Å². The maximum atomic E-state index is 10.1. The summed E-state index contributed by atoms with van der Waals surface area (Å²) in [6, 6.07) is -1.53. The molecule has 0 radical (unpaired) electrons. The minimum absolute atomic E-state index is 0.111. The maximum Gasteiger partial charge on any atom is 0.321 e. The summed E-state index contributed by atoms with van der Waals surface area (Å²) in [7, 11) is 3.43. The minimum atomic E-state index is -1.00. The summed E-state index contributed by atoms with van der Waals surface area (Å²) in [4.78, 5) is 31.3. The highest BCUT2D eigenvalue weighted by atomic mass is 32.1. The molecule has 0 rings (SSSR count). The van der Waals surface area contributed by atoms with Crippen molar-refractivity contribution >= 4 is 30.5 Å². The molecule has 11 heteroatoms. The van der Waals surface area contributed by atoms with Crippen LogP contribution >= 0.6 is 12.6 Å². The number of unbranched alkanes of at least 4 members (excludes halogenated alkanes) is 1. The lowest BCUT2D eigenvalue weighted by Gasteiger charge is -2.03. The molecular formula is C13H30N4O6S. The van der Waals surface area contributed by atoms with Gasteiger partial charge >= 0.3 is 17.9 Å². The van der Waals surface area contributed by atoms with Crippen LogP contribution in [-0.2, 0) is 14.4 Å². The fourth-order valence-electron chi connectivity index (χ4n) is 0.981. The van der Waals surface area contributed by atoms with Crippen LogP contribution in [0.1, 0.15) is 19.3 Å². The summed E-state index contributed by atoms with van der Waals surface area (Å²) in [6.07, 6.45) is 2.16. The Labute approximate surface area is 147 Å². The molecule has 0 aromatic heterocycles. The number of carboxylic acid groups (broad SMARTS) is 3. The normalized spacial score (nSPS) is 12.1. The Kier molecular flexibility index (Phi) is 20.5. The van der Waals surface area contributed by atoms with Crippen molar-refractivity contribution in [2.24, 2.45) is 17.2 Å². The van der Waals surface area contributed by atoms with Crippen LogP contribution in [0, 0.1) is 0 Å². The third kappa shape index (κ3) is 25.5. The average molecular weight is 370 g/mol. The molecule has 0 heterocycles. The van der Waals surface area contributed by atoms with Gasteiger partial charge in [-0.2, -0.15) is 12.6 Å². The van der Waals surface area contributed by atoms with Gasteiger partial charge in [0.1, 0.15) is 12.1 Å². The van der Waals surface area contributed by atoms with E-state index in [-0.39, 0.29) is 12.3 Å². The van der Waals surface area contributed by atoms with Crippen molar-refractivity contribution in [2.45, 2.75) is 31.3 Å². The van der Waals surface area contributed by atoms with Gasteiger partial charge in [-0.25, -0.2) is 0 Å². The number of thiol groups is 1. The molecule has 0 amide bonds. The largest absolute Gasteiger partial charge is 0.480 e. The van der Waals surface area contributed by atoms with Crippen LogP contribution < -0.4 is 17.2 Å². The number of carboxylic acids is 3. The summed E-state index contributed by atoms with van der Waals surface area (Å²) in [5.41, 5.74) is 15.4. The Bertz CT molecular complexity index is 357. The molecule has 9 N–H and O–H groups in total. The van der Waals surface area contributed by atoms with Crippen molar-refractivity contribution in [3.8, 4) is 0 Å². The lowest BCUT2D eigenvalue weighted by atomic mass is 10.1. The lowest BCUT2D eigenvalue weighted by Crippen LogP contribution is -2.31. The van der Waals surface area contributed by atoms with E-state index in [1.807, 2.05) is 0 Å². The highest BCUT2D eigenvalue weighted by Gasteiger charge is 2.09. The second kappa shape index (κ2) is 17.9. The Hall–Kier alpha value is -1.40. The van der Waals surface area contributed by atoms with E-state index >= 15 is 0 Å². The summed E-state index contributed by atoms with van der Waals surface area (Å²) in [5.74, 6) is -2.54. The van der Waals surface area contributed by atoms with E-state index in [1.165, 1.54) is 0 Å². The molecule has 0 aromatic rings. The third-order valence-electron chi connectivity index (χ3n) is 2.25. The SMILES string of the molecule is CN(C)CC(=O)O.NCCCC[C@H](N)C(=O)O.N[C@@H](CS)C(=O)O. The van der Waals surface area contributed by atoms with Gasteiger partial charge < -0.3 is 32.5 Å². The molecule has 2 atom stereocenters. The zero-order valence-corrected chi connectivity index (χ0v) is 15.0. The van der Waals surface area contributed by atoms with Gasteiger partial charge in [0.15, 0.2) is 0 Å². The average Bonchev–Trinajstić information content (AvgIpc) is 2.46. The molecule has 0 spiro atoms. The van der Waals surface area contributed by atoms with Crippen LogP contribution in [0.2, 0.25) is 0 Å². The molecule has 10 nitrogen and oxygen atoms in total. The Morgan fingerprint density at radius 2 is 1.46 bits per heavy atom. The predicted molar refractivity (Wildman–Crippen MR) is 94.2 cm³/mol. The molecule has 0 aliphatic carbocycles. The van der Waals surface area contributed by atoms with Gasteiger partial charge in [0.25, 0.3) is 0 Å². The number of nitrogens with zero attached hydrogens (tertiary/aromatic N) is 1. The molecular weight excluding hydrogens is 340 g/mol. The molecule has 24 heavy (non-hydrogen) atoms. The number of hydrogen-bond acceptors (Lipinski definition) is 8. The van der Waals surface area contributed by atoms with Gasteiger partial charge in [0.05, 0.1) is 6.54 Å². The Morgan fingerprint density at radius 3 is 1.62 bits per heavy atom. The van der Waals surface area contributed by atoms with E-state index in [2.05, 4.69) is 12.6 Å². The molecule has 0 fully saturated rings. The molecule has 0 aromatic carbocycles. The fourth-order valence-corrected chi connectivity index (χ4v) is 1.14. The van der Waals surface area contributed by atoms with Crippen LogP contribution in [0.15, 0.2) is 0 Å². The van der Waals surface area contributed by atoms with Crippen molar-refractivity contribution in [3.05, 3.63) is 0 Å². The molecule has 0 aliphatic heterocycles. The first-order valence-corrected chi connectivity index (χ1v) is 7.76. The van der Waals surface area contributed by atoms with E-state index in [0.717, 1.165) is 12.8 Å². The summed E-state index contributed by atoms with van der Waals surface area (Å²) in [5, 5.41) is 24.4. The number of aliphatic carboxylic acids is 3. The van der Waals surface area contributed by atoms with Crippen LogP contribution in [0.25, 0.3) is 0 Å². The first-order chi connectivity index (χ1) is 11.0. The van der Waals surface area contributed by atoms with Gasteiger partial charge in [0.2, 0.25) is 0 Å². The highest BCUT2D eigenvalue weighted by molar-refractivity contribution is 7.80. The smallest absolute Gasteiger partial charge is 0.321 e. The number of likely N-dealkylation sites (N-methyl/N-ethyl adjacent to an activating group) is 1. The highest BCUT2D eigenvalue weighted by Crippen LogP contribution is 1.96. The predicted octanol–water partition coefficient (Wildman–Crippen LogP) is -1.51. The van der Waals surface area contributed by atoms with E-state index in [9.17, 15) is 14.4 Å². The first-order valence-electron chi connectivity index (χ1n) is 7.13. The first kappa shape index (κ1) is 27.4. The topological polar surface area (TPSA) is 193 Å². The van der Waals surface area contributed by atoms with Crippen molar-refractivity contribution in [3.63, 3.8) is 0 Å². The quantitative estimate of drug-likeness (QED) is 0.185. The monoisotopic (exact) mass is 370 g/mol. The second-order valence-corrected chi connectivity index (χ2v) is 5.35. The molecule has 0 aliphatic rings. The van der Waals surface area contributed by atoms with Crippen LogP contribution in [0.4, 0.5) is 0 Å². The van der Waals surface area contributed by atoms with Crippen LogP contribution in [0.5, 0.6) is 0 Å². The van der Waals surface area contributed by atoms with Crippen LogP contribution in [0.3, 0.4) is 0 Å². The number of carbonyl (C=O) groups is 3. The molecule has 0 bridgehead atoms. The maximum absolute atomic E-state index is 10.1. The summed E-state index contributed by atoms with van der Waals surface area (Å²) in [6.45, 7) is 0.715. The fraction of sp³-hybridized carbons (Fsp3) is 0.769. The Balaban J connectivity index is -0.000000283. The second-order valence-electron chi connectivity index (χ2n) is 4.99. The van der Waals surface area contributed by atoms with Gasteiger partial charge in [-0.3, -0.25) is 19.3 Å². The zero-order chi connectivity index (χ0) is 19.7. The van der Waals surface area contributed by atoms with Gasteiger partial charge in [-0.05, 0) is 33.5 Å². The van der Waals surface area contributed by atoms with E-state index < -0.39 is 30.0 Å². The van der Waals surface area contributed by atoms with Crippen molar-refractivity contribution < 1.29 is 29.7 Å². The van der Waals surface area contributed by atoms with Crippen molar-refractivity contribution in [1.82, 2.24) is 4.90 Å².